The van der Waals surface area contributed by atoms with Crippen molar-refractivity contribution >= 4 is 17.2 Å². The van der Waals surface area contributed by atoms with Crippen molar-refractivity contribution in [2.24, 2.45) is 0 Å². The molecule has 2 aromatic carbocycles. The number of imidazole rings is 1. The SMILES string of the molecule is Cc1ccc(NC(=O)c2ccc(OCc3cn4cccc(C)c4n3)cc2)c(O)c1. The van der Waals surface area contributed by atoms with E-state index >= 15 is 0 Å². The van der Waals surface area contributed by atoms with E-state index in [1.54, 1.807) is 36.4 Å². The molecule has 6 heteroatoms. The molecule has 0 bridgehead atoms. The van der Waals surface area contributed by atoms with Gasteiger partial charge >= 0.3 is 0 Å². The number of aromatic nitrogens is 2. The summed E-state index contributed by atoms with van der Waals surface area (Å²) in [6.07, 6.45) is 3.90. The maximum atomic E-state index is 12.4. The molecular weight excluding hydrogens is 366 g/mol. The second kappa shape index (κ2) is 7.67. The molecule has 0 radical (unpaired) electrons. The average Bonchev–Trinajstić information content (AvgIpc) is 3.13. The summed E-state index contributed by atoms with van der Waals surface area (Å²) < 4.78 is 7.77. The van der Waals surface area contributed by atoms with E-state index in [0.717, 1.165) is 22.5 Å². The Morgan fingerprint density at radius 2 is 1.93 bits per heavy atom. The van der Waals surface area contributed by atoms with E-state index in [9.17, 15) is 9.90 Å². The second-order valence-electron chi connectivity index (χ2n) is 6.94. The first-order valence-electron chi connectivity index (χ1n) is 9.26. The van der Waals surface area contributed by atoms with E-state index in [-0.39, 0.29) is 11.7 Å². The number of rotatable bonds is 5. The quantitative estimate of drug-likeness (QED) is 0.495. The number of hydrogen-bond donors (Lipinski definition) is 2. The maximum Gasteiger partial charge on any atom is 0.255 e. The fourth-order valence-electron chi connectivity index (χ4n) is 3.08. The van der Waals surface area contributed by atoms with E-state index in [1.165, 1.54) is 0 Å². The number of carbonyl (C=O) groups excluding carboxylic acids is 1. The molecule has 0 saturated heterocycles. The molecule has 0 aliphatic carbocycles. The Hall–Kier alpha value is -3.80. The van der Waals surface area contributed by atoms with Crippen molar-refractivity contribution in [1.82, 2.24) is 9.38 Å². The largest absolute Gasteiger partial charge is 0.506 e. The van der Waals surface area contributed by atoms with Gasteiger partial charge in [0.15, 0.2) is 0 Å². The van der Waals surface area contributed by atoms with Crippen molar-refractivity contribution in [3.63, 3.8) is 0 Å². The van der Waals surface area contributed by atoms with E-state index in [4.69, 9.17) is 4.74 Å². The van der Waals surface area contributed by atoms with Gasteiger partial charge in [0.2, 0.25) is 0 Å². The number of anilines is 1. The molecule has 4 rings (SSSR count). The van der Waals surface area contributed by atoms with Crippen LogP contribution in [-0.2, 0) is 6.61 Å². The van der Waals surface area contributed by atoms with Crippen LogP contribution in [0.3, 0.4) is 0 Å². The number of nitrogens with one attached hydrogen (secondary N) is 1. The molecule has 0 fully saturated rings. The topological polar surface area (TPSA) is 75.9 Å². The maximum absolute atomic E-state index is 12.4. The Bertz CT molecular complexity index is 1180. The molecule has 0 saturated carbocycles. The molecule has 0 aliphatic heterocycles. The van der Waals surface area contributed by atoms with Crippen molar-refractivity contribution in [2.75, 3.05) is 5.32 Å². The number of carbonyl (C=O) groups is 1. The summed E-state index contributed by atoms with van der Waals surface area (Å²) in [5, 5.41) is 12.6. The number of ether oxygens (including phenoxy) is 1. The van der Waals surface area contributed by atoms with E-state index in [1.807, 2.05) is 48.8 Å². The van der Waals surface area contributed by atoms with Gasteiger partial charge < -0.3 is 19.6 Å². The summed E-state index contributed by atoms with van der Waals surface area (Å²) in [7, 11) is 0. The Morgan fingerprint density at radius 3 is 2.66 bits per heavy atom. The highest BCUT2D eigenvalue weighted by atomic mass is 16.5. The number of hydrogen-bond acceptors (Lipinski definition) is 4. The van der Waals surface area contributed by atoms with Crippen molar-refractivity contribution in [1.29, 1.82) is 0 Å². The van der Waals surface area contributed by atoms with Gasteiger partial charge in [0, 0.05) is 18.0 Å². The zero-order chi connectivity index (χ0) is 20.4. The van der Waals surface area contributed by atoms with E-state index < -0.39 is 0 Å². The van der Waals surface area contributed by atoms with Gasteiger partial charge in [-0.15, -0.1) is 0 Å². The molecule has 1 amide bonds. The highest BCUT2D eigenvalue weighted by Crippen LogP contribution is 2.25. The number of aromatic hydroxyl groups is 1. The lowest BCUT2D eigenvalue weighted by molar-refractivity contribution is 0.102. The van der Waals surface area contributed by atoms with Crippen molar-refractivity contribution in [3.8, 4) is 11.5 Å². The van der Waals surface area contributed by atoms with Crippen LogP contribution in [0.5, 0.6) is 11.5 Å². The molecule has 4 aromatic rings. The van der Waals surface area contributed by atoms with Gasteiger partial charge in [0.25, 0.3) is 5.91 Å². The number of phenolic OH excluding ortho intramolecular Hbond substituents is 1. The molecule has 0 aliphatic rings. The van der Waals surface area contributed by atoms with Crippen molar-refractivity contribution in [2.45, 2.75) is 20.5 Å². The smallest absolute Gasteiger partial charge is 0.255 e. The molecule has 2 heterocycles. The number of phenols is 1. The van der Waals surface area contributed by atoms with Gasteiger partial charge in [-0.25, -0.2) is 4.98 Å². The molecule has 29 heavy (non-hydrogen) atoms. The molecule has 146 valence electrons. The Balaban J connectivity index is 1.40. The third-order valence-electron chi connectivity index (χ3n) is 4.63. The molecule has 0 unspecified atom stereocenters. The standard InChI is InChI=1S/C23H21N3O3/c1-15-5-10-20(21(27)12-15)25-23(28)17-6-8-19(9-7-17)29-14-18-13-26-11-3-4-16(2)22(26)24-18/h3-13,27H,14H2,1-2H3,(H,25,28). The van der Waals surface area contributed by atoms with Gasteiger partial charge in [-0.2, -0.15) is 0 Å². The normalized spacial score (nSPS) is 10.8. The van der Waals surface area contributed by atoms with Crippen LogP contribution in [0, 0.1) is 13.8 Å². The van der Waals surface area contributed by atoms with Gasteiger partial charge in [-0.1, -0.05) is 12.1 Å². The second-order valence-corrected chi connectivity index (χ2v) is 6.94. The van der Waals surface area contributed by atoms with Crippen LogP contribution < -0.4 is 10.1 Å². The number of benzene rings is 2. The van der Waals surface area contributed by atoms with Crippen LogP contribution in [0.25, 0.3) is 5.65 Å². The van der Waals surface area contributed by atoms with Crippen LogP contribution in [-0.4, -0.2) is 20.4 Å². The number of fused-ring (bicyclic) bond motifs is 1. The Labute approximate surface area is 168 Å². The Kier molecular flexibility index (Phi) is 4.91. The minimum Gasteiger partial charge on any atom is -0.506 e. The molecule has 6 nitrogen and oxygen atoms in total. The van der Waals surface area contributed by atoms with Gasteiger partial charge in [0.1, 0.15) is 23.8 Å². The third kappa shape index (κ3) is 4.06. The first kappa shape index (κ1) is 18.6. The zero-order valence-corrected chi connectivity index (χ0v) is 16.2. The molecular formula is C23H21N3O3. The van der Waals surface area contributed by atoms with Gasteiger partial charge in [-0.3, -0.25) is 4.79 Å². The highest BCUT2D eigenvalue weighted by Gasteiger charge is 2.10. The third-order valence-corrected chi connectivity index (χ3v) is 4.63. The lowest BCUT2D eigenvalue weighted by atomic mass is 10.1. The summed E-state index contributed by atoms with van der Waals surface area (Å²) >= 11 is 0. The number of aryl methyl sites for hydroxylation is 2. The average molecular weight is 387 g/mol. The summed E-state index contributed by atoms with van der Waals surface area (Å²) in [6.45, 7) is 4.23. The fraction of sp³-hybridized carbons (Fsp3) is 0.130. The van der Waals surface area contributed by atoms with Crippen LogP contribution in [0.1, 0.15) is 27.2 Å². The lowest BCUT2D eigenvalue weighted by Gasteiger charge is -2.09. The molecule has 2 N–H and O–H groups in total. The summed E-state index contributed by atoms with van der Waals surface area (Å²) in [5.74, 6) is 0.390. The monoisotopic (exact) mass is 387 g/mol. The predicted molar refractivity (Wildman–Crippen MR) is 112 cm³/mol. The zero-order valence-electron chi connectivity index (χ0n) is 16.2. The lowest BCUT2D eigenvalue weighted by Crippen LogP contribution is -2.11. The van der Waals surface area contributed by atoms with Crippen molar-refractivity contribution in [3.05, 3.63) is 89.4 Å². The van der Waals surface area contributed by atoms with Crippen LogP contribution in [0.15, 0.2) is 67.0 Å². The Morgan fingerprint density at radius 1 is 1.14 bits per heavy atom. The van der Waals surface area contributed by atoms with Gasteiger partial charge in [-0.05, 0) is 67.4 Å². The number of nitrogens with zero attached hydrogens (tertiary/aromatic N) is 2. The number of pyridine rings is 1. The summed E-state index contributed by atoms with van der Waals surface area (Å²) in [5.41, 5.74) is 4.62. The predicted octanol–water partition coefficient (Wildman–Crippen LogP) is 4.49. The molecule has 0 atom stereocenters. The first-order chi connectivity index (χ1) is 14.0. The minimum atomic E-state index is -0.300. The molecule has 2 aromatic heterocycles. The first-order valence-corrected chi connectivity index (χ1v) is 9.26. The number of amides is 1. The van der Waals surface area contributed by atoms with E-state index in [0.29, 0.717) is 23.6 Å². The van der Waals surface area contributed by atoms with Crippen molar-refractivity contribution < 1.29 is 14.6 Å². The van der Waals surface area contributed by atoms with Crippen LogP contribution in [0.2, 0.25) is 0 Å². The highest BCUT2D eigenvalue weighted by molar-refractivity contribution is 6.05. The van der Waals surface area contributed by atoms with Crippen LogP contribution in [0.4, 0.5) is 5.69 Å². The van der Waals surface area contributed by atoms with Crippen LogP contribution >= 0.6 is 0 Å². The summed E-state index contributed by atoms with van der Waals surface area (Å²) in [6, 6.07) is 16.0. The fourth-order valence-corrected chi connectivity index (χ4v) is 3.08. The van der Waals surface area contributed by atoms with Gasteiger partial charge in [0.05, 0.1) is 11.4 Å². The summed E-state index contributed by atoms with van der Waals surface area (Å²) in [4.78, 5) is 17.0. The minimum absolute atomic E-state index is 0.0426. The molecule has 0 spiro atoms. The van der Waals surface area contributed by atoms with E-state index in [2.05, 4.69) is 10.3 Å².